The average Bonchev–Trinajstić information content (AvgIpc) is 2.87. The number of carbonyl (C=O) groups excluding carboxylic acids is 2. The molecule has 2 amide bonds. The van der Waals surface area contributed by atoms with Crippen molar-refractivity contribution in [3.05, 3.63) is 76.2 Å². The van der Waals surface area contributed by atoms with Crippen molar-refractivity contribution in [1.82, 2.24) is 14.5 Å². The zero-order valence-electron chi connectivity index (χ0n) is 21.2. The molecular formula is C27H26F3N5O4. The Morgan fingerprint density at radius 3 is 2.54 bits per heavy atom. The summed E-state index contributed by atoms with van der Waals surface area (Å²) in [6.07, 6.45) is 1.88. The van der Waals surface area contributed by atoms with Gasteiger partial charge < -0.3 is 24.8 Å². The highest BCUT2D eigenvalue weighted by molar-refractivity contribution is 6.05. The Morgan fingerprint density at radius 2 is 1.90 bits per heavy atom. The molecule has 9 nitrogen and oxygen atoms in total. The molecule has 3 aromatic rings. The van der Waals surface area contributed by atoms with E-state index < -0.39 is 30.2 Å². The topological polar surface area (TPSA) is 106 Å². The number of aryl methyl sites for hydroxylation is 1. The standard InChI is InChI=1S/C27H26F3N5O4/c1-4-15-8-21(25(37)34(3)12-15)24(36)33-23-10-16(9-22(32-23)31-5-2)19-7-6-18(39-27(29)30)11-20(19)26(38)35-13-17(28)14-35/h4,6-12,17,27H,1,5,13-14H2,2-3H3,(H2,31,32,33,36). The van der Waals surface area contributed by atoms with Crippen LogP contribution < -0.4 is 20.9 Å². The van der Waals surface area contributed by atoms with Crippen LogP contribution >= 0.6 is 0 Å². The highest BCUT2D eigenvalue weighted by Crippen LogP contribution is 2.33. The van der Waals surface area contributed by atoms with Gasteiger partial charge in [-0.3, -0.25) is 14.4 Å². The lowest BCUT2D eigenvalue weighted by Crippen LogP contribution is -2.51. The summed E-state index contributed by atoms with van der Waals surface area (Å²) < 4.78 is 44.9. The Bertz CT molecular complexity index is 1480. The van der Waals surface area contributed by atoms with Crippen LogP contribution in [0.3, 0.4) is 0 Å². The van der Waals surface area contributed by atoms with E-state index in [2.05, 4.69) is 26.9 Å². The summed E-state index contributed by atoms with van der Waals surface area (Å²) in [6, 6.07) is 8.38. The first-order valence-corrected chi connectivity index (χ1v) is 12.0. The van der Waals surface area contributed by atoms with E-state index in [0.29, 0.717) is 29.1 Å². The van der Waals surface area contributed by atoms with Crippen molar-refractivity contribution < 1.29 is 27.5 Å². The molecule has 1 saturated heterocycles. The number of pyridine rings is 2. The molecule has 3 heterocycles. The second kappa shape index (κ2) is 11.4. The molecule has 0 atom stereocenters. The monoisotopic (exact) mass is 541 g/mol. The quantitative estimate of drug-likeness (QED) is 0.421. The SMILES string of the molecule is C=Cc1cc(C(=O)Nc2cc(-c3ccc(OC(F)F)cc3C(=O)N3CC(F)C3)cc(NCC)n2)c(=O)n(C)c1. The molecular weight excluding hydrogens is 515 g/mol. The number of likely N-dealkylation sites (tertiary alicyclic amines) is 1. The summed E-state index contributed by atoms with van der Waals surface area (Å²) in [4.78, 5) is 44.4. The molecule has 1 aliphatic rings. The smallest absolute Gasteiger partial charge is 0.387 e. The second-order valence-electron chi connectivity index (χ2n) is 8.81. The van der Waals surface area contributed by atoms with Gasteiger partial charge in [0.1, 0.15) is 29.1 Å². The average molecular weight is 542 g/mol. The summed E-state index contributed by atoms with van der Waals surface area (Å²) in [7, 11) is 1.51. The molecule has 0 spiro atoms. The van der Waals surface area contributed by atoms with Gasteiger partial charge in [0.25, 0.3) is 17.4 Å². The maximum atomic E-state index is 13.5. The maximum absolute atomic E-state index is 13.5. The molecule has 204 valence electrons. The number of halogens is 3. The maximum Gasteiger partial charge on any atom is 0.387 e. The Labute approximate surface area is 221 Å². The van der Waals surface area contributed by atoms with E-state index in [1.807, 2.05) is 6.92 Å². The van der Waals surface area contributed by atoms with Crippen LogP contribution in [-0.2, 0) is 7.05 Å². The van der Waals surface area contributed by atoms with Crippen molar-refractivity contribution in [1.29, 1.82) is 0 Å². The molecule has 4 rings (SSSR count). The van der Waals surface area contributed by atoms with E-state index in [0.717, 1.165) is 0 Å². The molecule has 0 saturated carbocycles. The van der Waals surface area contributed by atoms with E-state index in [9.17, 15) is 27.6 Å². The number of carbonyl (C=O) groups is 2. The number of alkyl halides is 3. The second-order valence-corrected chi connectivity index (χ2v) is 8.81. The summed E-state index contributed by atoms with van der Waals surface area (Å²) >= 11 is 0. The number of aromatic nitrogens is 2. The lowest BCUT2D eigenvalue weighted by atomic mass is 9.97. The number of hydrogen-bond donors (Lipinski definition) is 2. The molecule has 0 unspecified atom stereocenters. The van der Waals surface area contributed by atoms with E-state index in [-0.39, 0.29) is 35.8 Å². The molecule has 0 bridgehead atoms. The fourth-order valence-electron chi connectivity index (χ4n) is 4.11. The van der Waals surface area contributed by atoms with Gasteiger partial charge in [0.15, 0.2) is 0 Å². The van der Waals surface area contributed by atoms with Crippen LogP contribution in [-0.4, -0.2) is 58.7 Å². The highest BCUT2D eigenvalue weighted by atomic mass is 19.3. The third-order valence-electron chi connectivity index (χ3n) is 5.99. The van der Waals surface area contributed by atoms with Crippen molar-refractivity contribution in [3.63, 3.8) is 0 Å². The Morgan fingerprint density at radius 1 is 1.18 bits per heavy atom. The number of hydrogen-bond acceptors (Lipinski definition) is 6. The number of anilines is 2. The predicted molar refractivity (Wildman–Crippen MR) is 141 cm³/mol. The first-order chi connectivity index (χ1) is 18.6. The largest absolute Gasteiger partial charge is 0.435 e. The third-order valence-corrected chi connectivity index (χ3v) is 5.99. The number of amides is 2. The molecule has 39 heavy (non-hydrogen) atoms. The minimum Gasteiger partial charge on any atom is -0.435 e. The van der Waals surface area contributed by atoms with E-state index in [1.54, 1.807) is 6.07 Å². The number of ether oxygens (including phenoxy) is 1. The van der Waals surface area contributed by atoms with Crippen LogP contribution in [0.1, 0.15) is 33.2 Å². The first-order valence-electron chi connectivity index (χ1n) is 12.0. The van der Waals surface area contributed by atoms with Crippen molar-refractivity contribution in [2.24, 2.45) is 7.05 Å². The van der Waals surface area contributed by atoms with Crippen LogP contribution in [0, 0.1) is 0 Å². The van der Waals surface area contributed by atoms with E-state index >= 15 is 0 Å². The molecule has 1 aliphatic heterocycles. The van der Waals surface area contributed by atoms with Crippen LogP contribution in [0.2, 0.25) is 0 Å². The fraction of sp³-hybridized carbons (Fsp3) is 0.259. The number of nitrogens with zero attached hydrogens (tertiary/aromatic N) is 3. The Hall–Kier alpha value is -4.61. The third kappa shape index (κ3) is 6.11. The molecule has 1 fully saturated rings. The molecule has 2 aromatic heterocycles. The first kappa shape index (κ1) is 27.4. The van der Waals surface area contributed by atoms with Crippen molar-refractivity contribution in [2.45, 2.75) is 19.7 Å². The zero-order valence-corrected chi connectivity index (χ0v) is 21.2. The zero-order chi connectivity index (χ0) is 28.3. The predicted octanol–water partition coefficient (Wildman–Crippen LogP) is 4.17. The normalized spacial score (nSPS) is 13.1. The minimum atomic E-state index is -3.10. The van der Waals surface area contributed by atoms with Gasteiger partial charge in [0.2, 0.25) is 0 Å². The van der Waals surface area contributed by atoms with Crippen molar-refractivity contribution >= 4 is 29.5 Å². The number of benzene rings is 1. The van der Waals surface area contributed by atoms with Crippen molar-refractivity contribution in [2.75, 3.05) is 30.3 Å². The Kier molecular flexibility index (Phi) is 8.03. The molecule has 1 aromatic carbocycles. The van der Waals surface area contributed by atoms with Gasteiger partial charge in [-0.1, -0.05) is 12.7 Å². The van der Waals surface area contributed by atoms with Gasteiger partial charge >= 0.3 is 6.61 Å². The lowest BCUT2D eigenvalue weighted by molar-refractivity contribution is -0.0499. The van der Waals surface area contributed by atoms with E-state index in [1.165, 1.54) is 59.1 Å². The Balaban J connectivity index is 1.76. The van der Waals surface area contributed by atoms with Crippen LogP contribution in [0.15, 0.2) is 54.0 Å². The summed E-state index contributed by atoms with van der Waals surface area (Å²) in [6.45, 7) is 2.64. The van der Waals surface area contributed by atoms with Gasteiger partial charge in [-0.2, -0.15) is 8.78 Å². The van der Waals surface area contributed by atoms with Crippen LogP contribution in [0.4, 0.5) is 24.8 Å². The number of rotatable bonds is 9. The van der Waals surface area contributed by atoms with Gasteiger partial charge in [-0.05, 0) is 60.0 Å². The van der Waals surface area contributed by atoms with Crippen LogP contribution in [0.25, 0.3) is 17.2 Å². The molecule has 0 aliphatic carbocycles. The van der Waals surface area contributed by atoms with Gasteiger partial charge in [-0.15, -0.1) is 0 Å². The minimum absolute atomic E-state index is 0.0125. The molecule has 12 heteroatoms. The number of nitrogens with one attached hydrogen (secondary N) is 2. The van der Waals surface area contributed by atoms with Crippen molar-refractivity contribution in [3.8, 4) is 16.9 Å². The molecule has 2 N–H and O–H groups in total. The van der Waals surface area contributed by atoms with E-state index in [4.69, 9.17) is 0 Å². The van der Waals surface area contributed by atoms with Gasteiger partial charge in [-0.25, -0.2) is 9.37 Å². The van der Waals surface area contributed by atoms with Gasteiger partial charge in [0, 0.05) is 19.8 Å². The summed E-state index contributed by atoms with van der Waals surface area (Å²) in [5.41, 5.74) is 0.657. The van der Waals surface area contributed by atoms with Gasteiger partial charge in [0.05, 0.1) is 18.7 Å². The summed E-state index contributed by atoms with van der Waals surface area (Å²) in [5.74, 6) is -1.09. The highest BCUT2D eigenvalue weighted by Gasteiger charge is 2.32. The fourth-order valence-corrected chi connectivity index (χ4v) is 4.11. The molecule has 0 radical (unpaired) electrons. The summed E-state index contributed by atoms with van der Waals surface area (Å²) in [5, 5.41) is 5.65. The lowest BCUT2D eigenvalue weighted by Gasteiger charge is -2.34. The van der Waals surface area contributed by atoms with Crippen LogP contribution in [0.5, 0.6) is 5.75 Å².